The van der Waals surface area contributed by atoms with Gasteiger partial charge < -0.3 is 5.73 Å². The first-order valence-corrected chi connectivity index (χ1v) is 4.45. The van der Waals surface area contributed by atoms with Crippen molar-refractivity contribution in [3.05, 3.63) is 35.4 Å². The van der Waals surface area contributed by atoms with Gasteiger partial charge in [0.05, 0.1) is 5.02 Å². The lowest BCUT2D eigenvalue weighted by atomic mass is 10.2. The Morgan fingerprint density at radius 3 is 2.80 bits per heavy atom. The minimum atomic E-state index is -0.520. The predicted molar refractivity (Wildman–Crippen MR) is 54.6 cm³/mol. The molecule has 15 heavy (non-hydrogen) atoms. The van der Waals surface area contributed by atoms with Crippen LogP contribution in [0.5, 0.6) is 0 Å². The number of benzene rings is 1. The molecule has 0 unspecified atom stereocenters. The third-order valence-corrected chi connectivity index (χ3v) is 2.17. The smallest absolute Gasteiger partial charge is 0.223 e. The Balaban J connectivity index is 2.59. The molecule has 0 aliphatic heterocycles. The van der Waals surface area contributed by atoms with E-state index < -0.39 is 5.82 Å². The summed E-state index contributed by atoms with van der Waals surface area (Å²) in [6, 6.07) is 4.40. The van der Waals surface area contributed by atoms with Gasteiger partial charge in [0, 0.05) is 5.56 Å². The summed E-state index contributed by atoms with van der Waals surface area (Å²) in [5, 5.41) is -0.0249. The Morgan fingerprint density at radius 2 is 2.07 bits per heavy atom. The second kappa shape index (κ2) is 3.78. The standard InChI is InChI=1S/C9H6ClFN4/c10-7-5(2-1-3-6(7)11)8-13-4-14-9(12)15-8/h1-4H,(H2,12,13,14,15). The van der Waals surface area contributed by atoms with Crippen LogP contribution in [0.1, 0.15) is 0 Å². The number of nitrogen functional groups attached to an aromatic ring is 1. The fourth-order valence-electron chi connectivity index (χ4n) is 1.12. The van der Waals surface area contributed by atoms with E-state index in [0.717, 1.165) is 0 Å². The van der Waals surface area contributed by atoms with E-state index in [1.165, 1.54) is 18.5 Å². The van der Waals surface area contributed by atoms with Gasteiger partial charge in [0.15, 0.2) is 5.82 Å². The normalized spacial score (nSPS) is 10.3. The number of hydrogen-bond acceptors (Lipinski definition) is 4. The van der Waals surface area contributed by atoms with Crippen molar-refractivity contribution in [3.63, 3.8) is 0 Å². The van der Waals surface area contributed by atoms with Crippen LogP contribution < -0.4 is 5.73 Å². The molecule has 0 bridgehead atoms. The summed E-state index contributed by atoms with van der Waals surface area (Å²) in [5.41, 5.74) is 5.78. The third-order valence-electron chi connectivity index (χ3n) is 1.78. The van der Waals surface area contributed by atoms with Crippen LogP contribution >= 0.6 is 11.6 Å². The lowest BCUT2D eigenvalue weighted by molar-refractivity contribution is 0.628. The monoisotopic (exact) mass is 224 g/mol. The Labute approximate surface area is 90.0 Å². The quantitative estimate of drug-likeness (QED) is 0.804. The van der Waals surface area contributed by atoms with E-state index in [2.05, 4.69) is 15.0 Å². The van der Waals surface area contributed by atoms with Crippen molar-refractivity contribution in [2.24, 2.45) is 0 Å². The molecule has 6 heteroatoms. The molecule has 1 aromatic heterocycles. The lowest BCUT2D eigenvalue weighted by Gasteiger charge is -2.02. The topological polar surface area (TPSA) is 64.7 Å². The average Bonchev–Trinajstić information content (AvgIpc) is 2.22. The molecule has 76 valence electrons. The molecule has 0 aliphatic rings. The zero-order valence-corrected chi connectivity index (χ0v) is 8.24. The van der Waals surface area contributed by atoms with E-state index in [9.17, 15) is 4.39 Å². The SMILES string of the molecule is Nc1ncnc(-c2cccc(F)c2Cl)n1. The average molecular weight is 225 g/mol. The van der Waals surface area contributed by atoms with E-state index in [1.807, 2.05) is 0 Å². The van der Waals surface area contributed by atoms with Crippen LogP contribution in [0.4, 0.5) is 10.3 Å². The zero-order chi connectivity index (χ0) is 10.8. The van der Waals surface area contributed by atoms with Crippen LogP contribution in [0.15, 0.2) is 24.5 Å². The summed E-state index contributed by atoms with van der Waals surface area (Å²) in [6.45, 7) is 0. The molecular formula is C9H6ClFN4. The van der Waals surface area contributed by atoms with Gasteiger partial charge in [-0.3, -0.25) is 0 Å². The largest absolute Gasteiger partial charge is 0.368 e. The highest BCUT2D eigenvalue weighted by molar-refractivity contribution is 6.33. The minimum Gasteiger partial charge on any atom is -0.368 e. The van der Waals surface area contributed by atoms with E-state index >= 15 is 0 Å². The second-order valence-corrected chi connectivity index (χ2v) is 3.15. The fourth-order valence-corrected chi connectivity index (χ4v) is 1.33. The molecule has 0 spiro atoms. The molecule has 2 aromatic rings. The van der Waals surface area contributed by atoms with Gasteiger partial charge in [0.2, 0.25) is 5.95 Å². The first-order valence-electron chi connectivity index (χ1n) is 4.07. The molecule has 0 atom stereocenters. The van der Waals surface area contributed by atoms with Crippen molar-refractivity contribution >= 4 is 17.5 Å². The van der Waals surface area contributed by atoms with E-state index in [0.29, 0.717) is 5.56 Å². The van der Waals surface area contributed by atoms with Crippen LogP contribution in [0, 0.1) is 5.82 Å². The number of hydrogen-bond donors (Lipinski definition) is 1. The lowest BCUT2D eigenvalue weighted by Crippen LogP contribution is -1.98. The Hall–Kier alpha value is -1.75. The highest BCUT2D eigenvalue weighted by Crippen LogP contribution is 2.27. The minimum absolute atomic E-state index is 0.0249. The summed E-state index contributed by atoms with van der Waals surface area (Å²) < 4.78 is 13.1. The summed E-state index contributed by atoms with van der Waals surface area (Å²) in [4.78, 5) is 11.3. The number of halogens is 2. The highest BCUT2D eigenvalue weighted by Gasteiger charge is 2.10. The Bertz CT molecular complexity index is 503. The molecule has 0 aliphatic carbocycles. The molecule has 0 radical (unpaired) electrons. The molecule has 0 saturated heterocycles. The van der Waals surface area contributed by atoms with Crippen molar-refractivity contribution in [1.82, 2.24) is 15.0 Å². The number of rotatable bonds is 1. The molecule has 4 nitrogen and oxygen atoms in total. The molecule has 0 amide bonds. The van der Waals surface area contributed by atoms with Crippen LogP contribution in [-0.4, -0.2) is 15.0 Å². The Morgan fingerprint density at radius 1 is 1.27 bits per heavy atom. The maximum Gasteiger partial charge on any atom is 0.223 e. The van der Waals surface area contributed by atoms with Gasteiger partial charge >= 0.3 is 0 Å². The van der Waals surface area contributed by atoms with Gasteiger partial charge in [-0.25, -0.2) is 14.4 Å². The number of nitrogens with zero attached hydrogens (tertiary/aromatic N) is 3. The van der Waals surface area contributed by atoms with E-state index in [-0.39, 0.29) is 16.8 Å². The first-order chi connectivity index (χ1) is 7.18. The van der Waals surface area contributed by atoms with Gasteiger partial charge in [-0.05, 0) is 12.1 Å². The predicted octanol–water partition coefficient (Wildman–Crippen LogP) is 1.91. The summed E-state index contributed by atoms with van der Waals surface area (Å²) >= 11 is 5.76. The molecule has 1 heterocycles. The maximum atomic E-state index is 13.1. The molecule has 0 saturated carbocycles. The van der Waals surface area contributed by atoms with Crippen molar-refractivity contribution in [1.29, 1.82) is 0 Å². The molecule has 2 N–H and O–H groups in total. The van der Waals surface area contributed by atoms with Crippen LogP contribution in [0.25, 0.3) is 11.4 Å². The number of aromatic nitrogens is 3. The molecular weight excluding hydrogens is 219 g/mol. The second-order valence-electron chi connectivity index (χ2n) is 2.77. The van der Waals surface area contributed by atoms with Gasteiger partial charge in [-0.2, -0.15) is 4.98 Å². The van der Waals surface area contributed by atoms with Crippen molar-refractivity contribution in [3.8, 4) is 11.4 Å². The van der Waals surface area contributed by atoms with E-state index in [4.69, 9.17) is 17.3 Å². The van der Waals surface area contributed by atoms with Gasteiger partial charge in [0.25, 0.3) is 0 Å². The van der Waals surface area contributed by atoms with Gasteiger partial charge in [-0.15, -0.1) is 0 Å². The van der Waals surface area contributed by atoms with Crippen molar-refractivity contribution < 1.29 is 4.39 Å². The van der Waals surface area contributed by atoms with Crippen molar-refractivity contribution in [2.75, 3.05) is 5.73 Å². The summed E-state index contributed by atoms with van der Waals surface area (Å²) in [5.74, 6) is -0.194. The molecule has 1 aromatic carbocycles. The zero-order valence-electron chi connectivity index (χ0n) is 7.48. The van der Waals surface area contributed by atoms with Gasteiger partial charge in [0.1, 0.15) is 12.1 Å². The third kappa shape index (κ3) is 1.87. The summed E-state index contributed by atoms with van der Waals surface area (Å²) in [7, 11) is 0. The van der Waals surface area contributed by atoms with Crippen LogP contribution in [0.3, 0.4) is 0 Å². The highest BCUT2D eigenvalue weighted by atomic mass is 35.5. The molecule has 0 fully saturated rings. The van der Waals surface area contributed by atoms with Crippen LogP contribution in [-0.2, 0) is 0 Å². The number of anilines is 1. The first kappa shape index (κ1) is 9.79. The Kier molecular flexibility index (Phi) is 2.47. The van der Waals surface area contributed by atoms with E-state index in [1.54, 1.807) is 6.07 Å². The summed E-state index contributed by atoms with van der Waals surface area (Å²) in [6.07, 6.45) is 1.25. The van der Waals surface area contributed by atoms with Gasteiger partial charge in [-0.1, -0.05) is 17.7 Å². The number of nitrogens with two attached hydrogens (primary N) is 1. The maximum absolute atomic E-state index is 13.1. The van der Waals surface area contributed by atoms with Crippen molar-refractivity contribution in [2.45, 2.75) is 0 Å². The fraction of sp³-hybridized carbons (Fsp3) is 0. The van der Waals surface area contributed by atoms with Crippen LogP contribution in [0.2, 0.25) is 5.02 Å². The molecule has 2 rings (SSSR count).